The van der Waals surface area contributed by atoms with Gasteiger partial charge in [0.15, 0.2) is 0 Å². The predicted molar refractivity (Wildman–Crippen MR) is 92.5 cm³/mol. The van der Waals surface area contributed by atoms with Crippen LogP contribution in [-0.4, -0.2) is 18.4 Å². The Morgan fingerprint density at radius 2 is 1.67 bits per heavy atom. The van der Waals surface area contributed by atoms with E-state index < -0.39 is 5.41 Å². The van der Waals surface area contributed by atoms with Gasteiger partial charge >= 0.3 is 0 Å². The molecule has 0 atom stereocenters. The van der Waals surface area contributed by atoms with E-state index in [1.54, 1.807) is 42.5 Å². The number of halogens is 1. The van der Waals surface area contributed by atoms with Gasteiger partial charge in [-0.25, -0.2) is 4.39 Å². The molecule has 0 aliphatic heterocycles. The molecule has 2 aromatic rings. The highest BCUT2D eigenvalue weighted by Gasteiger charge is 2.24. The zero-order chi connectivity index (χ0) is 17.7. The molecule has 0 spiro atoms. The second-order valence-corrected chi connectivity index (χ2v) is 6.30. The zero-order valence-electron chi connectivity index (χ0n) is 14.0. The van der Waals surface area contributed by atoms with Crippen molar-refractivity contribution in [2.24, 2.45) is 0 Å². The number of amides is 2. The summed E-state index contributed by atoms with van der Waals surface area (Å²) in [5.41, 5.74) is 1.14. The van der Waals surface area contributed by atoms with Crippen LogP contribution in [0, 0.1) is 5.82 Å². The average molecular weight is 328 g/mol. The molecule has 2 aromatic carbocycles. The molecular formula is C19H21FN2O2. The molecule has 5 heteroatoms. The Labute approximate surface area is 141 Å². The third-order valence-corrected chi connectivity index (χ3v) is 3.76. The van der Waals surface area contributed by atoms with Gasteiger partial charge < -0.3 is 10.6 Å². The van der Waals surface area contributed by atoms with Gasteiger partial charge in [0.25, 0.3) is 5.91 Å². The summed E-state index contributed by atoms with van der Waals surface area (Å²) in [5.74, 6) is -0.691. The first-order chi connectivity index (χ1) is 11.3. The SMILES string of the molecule is CC(=O)Nc1ccc(C(=O)NCC(C)(C)c2ccccc2F)cc1. The third-order valence-electron chi connectivity index (χ3n) is 3.76. The first-order valence-corrected chi connectivity index (χ1v) is 7.70. The summed E-state index contributed by atoms with van der Waals surface area (Å²) in [4.78, 5) is 23.2. The second-order valence-electron chi connectivity index (χ2n) is 6.30. The maximum atomic E-state index is 13.9. The van der Waals surface area contributed by atoms with Gasteiger partial charge in [-0.05, 0) is 35.9 Å². The molecule has 4 nitrogen and oxygen atoms in total. The first kappa shape index (κ1) is 17.7. The maximum Gasteiger partial charge on any atom is 0.251 e. The van der Waals surface area contributed by atoms with Crippen LogP contribution in [0.25, 0.3) is 0 Å². The van der Waals surface area contributed by atoms with Gasteiger partial charge in [0.2, 0.25) is 5.91 Å². The van der Waals surface area contributed by atoms with Gasteiger partial charge in [0.1, 0.15) is 5.82 Å². The van der Waals surface area contributed by atoms with Crippen LogP contribution in [0.3, 0.4) is 0 Å². The normalized spacial score (nSPS) is 11.0. The molecule has 0 saturated heterocycles. The Morgan fingerprint density at radius 1 is 1.04 bits per heavy atom. The summed E-state index contributed by atoms with van der Waals surface area (Å²) in [6.45, 7) is 5.49. The van der Waals surface area contributed by atoms with Crippen LogP contribution in [0.1, 0.15) is 36.7 Å². The summed E-state index contributed by atoms with van der Waals surface area (Å²) >= 11 is 0. The minimum Gasteiger partial charge on any atom is -0.351 e. The van der Waals surface area contributed by atoms with Crippen molar-refractivity contribution in [3.8, 4) is 0 Å². The quantitative estimate of drug-likeness (QED) is 0.883. The summed E-state index contributed by atoms with van der Waals surface area (Å²) < 4.78 is 13.9. The molecule has 0 heterocycles. The van der Waals surface area contributed by atoms with Crippen LogP contribution in [-0.2, 0) is 10.2 Å². The summed E-state index contributed by atoms with van der Waals surface area (Å²) in [6, 6.07) is 13.2. The van der Waals surface area contributed by atoms with Gasteiger partial charge in [-0.2, -0.15) is 0 Å². The number of hydrogen-bond donors (Lipinski definition) is 2. The van der Waals surface area contributed by atoms with Crippen molar-refractivity contribution in [1.29, 1.82) is 0 Å². The number of rotatable bonds is 5. The topological polar surface area (TPSA) is 58.2 Å². The molecule has 2 rings (SSSR count). The minimum atomic E-state index is -0.531. The molecule has 0 aliphatic carbocycles. The number of hydrogen-bond acceptors (Lipinski definition) is 2. The number of benzene rings is 2. The van der Waals surface area contributed by atoms with E-state index in [1.165, 1.54) is 13.0 Å². The van der Waals surface area contributed by atoms with Crippen molar-refractivity contribution >= 4 is 17.5 Å². The van der Waals surface area contributed by atoms with Crippen molar-refractivity contribution in [3.63, 3.8) is 0 Å². The highest BCUT2D eigenvalue weighted by Crippen LogP contribution is 2.25. The van der Waals surface area contributed by atoms with Crippen LogP contribution in [0.2, 0.25) is 0 Å². The predicted octanol–water partition coefficient (Wildman–Crippen LogP) is 3.49. The van der Waals surface area contributed by atoms with Crippen molar-refractivity contribution in [2.75, 3.05) is 11.9 Å². The Hall–Kier alpha value is -2.69. The fourth-order valence-corrected chi connectivity index (χ4v) is 2.42. The Balaban J connectivity index is 2.02. The zero-order valence-corrected chi connectivity index (χ0v) is 14.0. The van der Waals surface area contributed by atoms with Crippen LogP contribution >= 0.6 is 0 Å². The van der Waals surface area contributed by atoms with E-state index in [2.05, 4.69) is 10.6 Å². The molecule has 2 N–H and O–H groups in total. The van der Waals surface area contributed by atoms with E-state index in [1.807, 2.05) is 13.8 Å². The summed E-state index contributed by atoms with van der Waals surface area (Å²) in [7, 11) is 0. The van der Waals surface area contributed by atoms with E-state index in [0.717, 1.165) is 0 Å². The van der Waals surface area contributed by atoms with Crippen LogP contribution in [0.15, 0.2) is 48.5 Å². The number of carbonyl (C=O) groups excluding carboxylic acids is 2. The average Bonchev–Trinajstić information content (AvgIpc) is 2.53. The van der Waals surface area contributed by atoms with Gasteiger partial charge in [0.05, 0.1) is 0 Å². The lowest BCUT2D eigenvalue weighted by molar-refractivity contribution is -0.114. The number of carbonyl (C=O) groups is 2. The monoisotopic (exact) mass is 328 g/mol. The molecule has 0 radical (unpaired) electrons. The lowest BCUT2D eigenvalue weighted by Gasteiger charge is -2.26. The van der Waals surface area contributed by atoms with Crippen LogP contribution in [0.5, 0.6) is 0 Å². The van der Waals surface area contributed by atoms with Crippen LogP contribution < -0.4 is 10.6 Å². The lowest BCUT2D eigenvalue weighted by Crippen LogP contribution is -2.37. The number of nitrogens with one attached hydrogen (secondary N) is 2. The molecule has 0 bridgehead atoms. The molecule has 0 fully saturated rings. The first-order valence-electron chi connectivity index (χ1n) is 7.70. The Bertz CT molecular complexity index is 739. The smallest absolute Gasteiger partial charge is 0.251 e. The van der Waals surface area contributed by atoms with E-state index in [-0.39, 0.29) is 17.6 Å². The van der Waals surface area contributed by atoms with E-state index in [0.29, 0.717) is 23.4 Å². The molecule has 2 amide bonds. The molecular weight excluding hydrogens is 307 g/mol. The van der Waals surface area contributed by atoms with E-state index in [9.17, 15) is 14.0 Å². The molecule has 0 aliphatic rings. The fraction of sp³-hybridized carbons (Fsp3) is 0.263. The van der Waals surface area contributed by atoms with Gasteiger partial charge in [-0.15, -0.1) is 0 Å². The maximum absolute atomic E-state index is 13.9. The molecule has 0 saturated carbocycles. The highest BCUT2D eigenvalue weighted by atomic mass is 19.1. The van der Waals surface area contributed by atoms with E-state index >= 15 is 0 Å². The second kappa shape index (κ2) is 7.25. The van der Waals surface area contributed by atoms with Gasteiger partial charge in [0, 0.05) is 30.1 Å². The molecule has 0 aromatic heterocycles. The third kappa shape index (κ3) is 4.41. The van der Waals surface area contributed by atoms with Crippen molar-refractivity contribution in [3.05, 3.63) is 65.5 Å². The number of anilines is 1. The van der Waals surface area contributed by atoms with E-state index in [4.69, 9.17) is 0 Å². The molecule has 126 valence electrons. The fourth-order valence-electron chi connectivity index (χ4n) is 2.42. The summed E-state index contributed by atoms with van der Waals surface area (Å²) in [6.07, 6.45) is 0. The van der Waals surface area contributed by atoms with Gasteiger partial charge in [-0.1, -0.05) is 32.0 Å². The lowest BCUT2D eigenvalue weighted by atomic mass is 9.84. The Kier molecular flexibility index (Phi) is 5.34. The Morgan fingerprint density at radius 3 is 2.25 bits per heavy atom. The summed E-state index contributed by atoms with van der Waals surface area (Å²) in [5, 5.41) is 5.47. The largest absolute Gasteiger partial charge is 0.351 e. The molecule has 24 heavy (non-hydrogen) atoms. The highest BCUT2D eigenvalue weighted by molar-refractivity contribution is 5.95. The van der Waals surface area contributed by atoms with Crippen molar-refractivity contribution in [2.45, 2.75) is 26.2 Å². The van der Waals surface area contributed by atoms with Crippen LogP contribution in [0.4, 0.5) is 10.1 Å². The molecule has 0 unspecified atom stereocenters. The van der Waals surface area contributed by atoms with Crippen molar-refractivity contribution in [1.82, 2.24) is 5.32 Å². The van der Waals surface area contributed by atoms with Crippen molar-refractivity contribution < 1.29 is 14.0 Å². The standard InChI is InChI=1S/C19H21FN2O2/c1-13(23)22-15-10-8-14(9-11-15)18(24)21-12-19(2,3)16-6-4-5-7-17(16)20/h4-11H,12H2,1-3H3,(H,21,24)(H,22,23). The minimum absolute atomic E-state index is 0.168. The van der Waals surface area contributed by atoms with Gasteiger partial charge in [-0.3, -0.25) is 9.59 Å².